The summed E-state index contributed by atoms with van der Waals surface area (Å²) in [7, 11) is 0. The first kappa shape index (κ1) is 26.3. The fraction of sp³-hybridized carbons (Fsp3) is 0.188. The van der Waals surface area contributed by atoms with Gasteiger partial charge in [-0.25, -0.2) is 0 Å². The molecule has 0 spiro atoms. The van der Waals surface area contributed by atoms with Crippen molar-refractivity contribution in [2.24, 2.45) is 9.98 Å². The SMILES string of the molecule is Cc1ccc(C=NC(C)c2ccccc2[Se][Se]c2ccccc2C(C)N=Cc2ccc(C)cc2)cc1. The third kappa shape index (κ3) is 7.38. The van der Waals surface area contributed by atoms with Gasteiger partial charge >= 0.3 is 228 Å². The molecule has 4 aromatic rings. The van der Waals surface area contributed by atoms with E-state index in [4.69, 9.17) is 9.98 Å². The third-order valence-corrected chi connectivity index (χ3v) is 13.3. The summed E-state index contributed by atoms with van der Waals surface area (Å²) in [6.45, 7) is 8.61. The summed E-state index contributed by atoms with van der Waals surface area (Å²) in [4.78, 5) is 9.77. The van der Waals surface area contributed by atoms with Crippen LogP contribution in [0.25, 0.3) is 0 Å². The first-order valence-electron chi connectivity index (χ1n) is 12.2. The topological polar surface area (TPSA) is 24.7 Å². The number of nitrogens with zero attached hydrogens (tertiary/aromatic N) is 2. The van der Waals surface area contributed by atoms with E-state index < -0.39 is 0 Å². The van der Waals surface area contributed by atoms with Gasteiger partial charge in [0.25, 0.3) is 0 Å². The Morgan fingerprint density at radius 2 is 0.889 bits per heavy atom. The summed E-state index contributed by atoms with van der Waals surface area (Å²) in [6, 6.07) is 35.0. The van der Waals surface area contributed by atoms with Crippen molar-refractivity contribution in [3.05, 3.63) is 130 Å². The second-order valence-corrected chi connectivity index (χ2v) is 15.2. The van der Waals surface area contributed by atoms with Gasteiger partial charge in [-0.3, -0.25) is 0 Å². The summed E-state index contributed by atoms with van der Waals surface area (Å²) in [6.07, 6.45) is 4.00. The van der Waals surface area contributed by atoms with Gasteiger partial charge in [-0.05, 0) is 0 Å². The van der Waals surface area contributed by atoms with Crippen molar-refractivity contribution in [1.29, 1.82) is 0 Å². The molecule has 4 heteroatoms. The van der Waals surface area contributed by atoms with Gasteiger partial charge in [0, 0.05) is 0 Å². The minimum absolute atomic E-state index is 0.133. The fourth-order valence-electron chi connectivity index (χ4n) is 3.75. The second-order valence-electron chi connectivity index (χ2n) is 8.97. The van der Waals surface area contributed by atoms with Crippen LogP contribution in [0.1, 0.15) is 59.3 Å². The Morgan fingerprint density at radius 1 is 0.528 bits per heavy atom. The maximum atomic E-state index is 4.89. The summed E-state index contributed by atoms with van der Waals surface area (Å²) in [5, 5.41) is 0. The van der Waals surface area contributed by atoms with Crippen LogP contribution in [0.5, 0.6) is 0 Å². The minimum atomic E-state index is 0.133. The van der Waals surface area contributed by atoms with Crippen molar-refractivity contribution in [2.75, 3.05) is 0 Å². The van der Waals surface area contributed by atoms with Crippen molar-refractivity contribution in [1.82, 2.24) is 0 Å². The molecule has 2 atom stereocenters. The molecule has 0 radical (unpaired) electrons. The molecule has 0 saturated heterocycles. The van der Waals surface area contributed by atoms with E-state index in [1.165, 1.54) is 31.2 Å². The molecule has 0 aliphatic rings. The van der Waals surface area contributed by atoms with Gasteiger partial charge in [0.15, 0.2) is 0 Å². The van der Waals surface area contributed by atoms with Crippen LogP contribution in [-0.4, -0.2) is 38.7 Å². The van der Waals surface area contributed by atoms with Crippen LogP contribution in [0.4, 0.5) is 0 Å². The van der Waals surface area contributed by atoms with Crippen LogP contribution in [0.15, 0.2) is 107 Å². The number of hydrogen-bond acceptors (Lipinski definition) is 2. The second kappa shape index (κ2) is 13.0. The van der Waals surface area contributed by atoms with Crippen molar-refractivity contribution < 1.29 is 0 Å². The zero-order chi connectivity index (χ0) is 25.3. The van der Waals surface area contributed by atoms with Gasteiger partial charge in [0.05, 0.1) is 0 Å². The number of benzene rings is 4. The number of rotatable bonds is 9. The molecular weight excluding hydrogens is 570 g/mol. The van der Waals surface area contributed by atoms with Crippen LogP contribution in [0.3, 0.4) is 0 Å². The van der Waals surface area contributed by atoms with Crippen LogP contribution in [-0.2, 0) is 0 Å². The molecule has 36 heavy (non-hydrogen) atoms. The van der Waals surface area contributed by atoms with Crippen LogP contribution in [0.2, 0.25) is 0 Å². The van der Waals surface area contributed by atoms with Crippen molar-refractivity contribution in [3.8, 4) is 0 Å². The number of aryl methyl sites for hydroxylation is 2. The standard InChI is InChI=1S/C32H32N2Se2/c1-23-13-17-27(18-14-23)21-33-25(3)29-9-5-7-11-31(29)35-36-32-12-8-6-10-30(32)26(4)34-22-28-19-15-24(2)16-20-28/h5-22,25-26H,1-4H3. The van der Waals surface area contributed by atoms with E-state index in [2.05, 4.69) is 125 Å². The van der Waals surface area contributed by atoms with Gasteiger partial charge < -0.3 is 0 Å². The van der Waals surface area contributed by atoms with Crippen molar-refractivity contribution >= 4 is 47.6 Å². The zero-order valence-electron chi connectivity index (χ0n) is 21.3. The van der Waals surface area contributed by atoms with E-state index in [1.807, 2.05) is 12.4 Å². The normalized spacial score (nSPS) is 13.3. The Kier molecular flexibility index (Phi) is 9.50. The Hall–Kier alpha value is -2.74. The molecule has 0 aliphatic heterocycles. The molecule has 0 fully saturated rings. The number of hydrogen-bond donors (Lipinski definition) is 0. The first-order valence-corrected chi connectivity index (χ1v) is 18.3. The first-order chi connectivity index (χ1) is 17.5. The Labute approximate surface area is 226 Å². The van der Waals surface area contributed by atoms with E-state index in [0.29, 0.717) is 26.3 Å². The van der Waals surface area contributed by atoms with E-state index in [1.54, 1.807) is 0 Å². The van der Waals surface area contributed by atoms with Crippen LogP contribution in [0, 0.1) is 13.8 Å². The molecule has 182 valence electrons. The predicted octanol–water partition coefficient (Wildman–Crippen LogP) is 5.94. The van der Waals surface area contributed by atoms with Crippen LogP contribution < -0.4 is 8.92 Å². The van der Waals surface area contributed by atoms with Gasteiger partial charge in [0.2, 0.25) is 0 Å². The molecule has 0 bridgehead atoms. The average molecular weight is 603 g/mol. The summed E-state index contributed by atoms with van der Waals surface area (Å²) in [5.74, 6) is 0. The molecule has 4 aromatic carbocycles. The molecule has 0 amide bonds. The van der Waals surface area contributed by atoms with Gasteiger partial charge in [-0.15, -0.1) is 0 Å². The van der Waals surface area contributed by atoms with E-state index in [0.717, 1.165) is 11.1 Å². The molecule has 0 saturated carbocycles. The molecule has 2 nitrogen and oxygen atoms in total. The summed E-state index contributed by atoms with van der Waals surface area (Å²) >= 11 is 0.738. The van der Waals surface area contributed by atoms with Gasteiger partial charge in [-0.1, -0.05) is 0 Å². The summed E-state index contributed by atoms with van der Waals surface area (Å²) < 4.78 is 2.90. The Morgan fingerprint density at radius 3 is 1.28 bits per heavy atom. The third-order valence-electron chi connectivity index (χ3n) is 6.01. The zero-order valence-corrected chi connectivity index (χ0v) is 24.7. The van der Waals surface area contributed by atoms with Crippen molar-refractivity contribution in [2.45, 2.75) is 39.8 Å². The molecule has 0 heterocycles. The van der Waals surface area contributed by atoms with E-state index in [-0.39, 0.29) is 12.1 Å². The fourth-order valence-corrected chi connectivity index (χ4v) is 11.4. The maximum absolute atomic E-state index is 4.89. The molecule has 0 aliphatic carbocycles. The molecule has 2 unspecified atom stereocenters. The summed E-state index contributed by atoms with van der Waals surface area (Å²) in [5.41, 5.74) is 7.51. The average Bonchev–Trinajstić information content (AvgIpc) is 2.91. The van der Waals surface area contributed by atoms with Gasteiger partial charge in [-0.2, -0.15) is 0 Å². The van der Waals surface area contributed by atoms with E-state index in [9.17, 15) is 0 Å². The quantitative estimate of drug-likeness (QED) is 0.168. The van der Waals surface area contributed by atoms with Crippen LogP contribution >= 0.6 is 0 Å². The molecule has 4 rings (SSSR count). The molecule has 0 aromatic heterocycles. The molecular formula is C32H32N2Se2. The molecule has 0 N–H and O–H groups in total. The predicted molar refractivity (Wildman–Crippen MR) is 158 cm³/mol. The monoisotopic (exact) mass is 604 g/mol. The Balaban J connectivity index is 1.46. The Bertz CT molecular complexity index is 1220. The van der Waals surface area contributed by atoms with E-state index >= 15 is 0 Å². The van der Waals surface area contributed by atoms with Gasteiger partial charge in [0.1, 0.15) is 0 Å². The van der Waals surface area contributed by atoms with Crippen molar-refractivity contribution in [3.63, 3.8) is 0 Å². The number of aliphatic imine (C=N–C) groups is 2.